The van der Waals surface area contributed by atoms with Gasteiger partial charge in [-0.25, -0.2) is 14.5 Å². The van der Waals surface area contributed by atoms with Crippen LogP contribution in [0.15, 0.2) is 60.7 Å². The lowest BCUT2D eigenvalue weighted by Gasteiger charge is -2.49. The zero-order valence-electron chi connectivity index (χ0n) is 23.1. The Balaban J connectivity index is 2.45. The molecule has 0 saturated carbocycles. The highest BCUT2D eigenvalue weighted by Gasteiger charge is 2.63. The van der Waals surface area contributed by atoms with Crippen LogP contribution in [-0.4, -0.2) is 55.9 Å². The maximum Gasteiger partial charge on any atom is 0.418 e. The van der Waals surface area contributed by atoms with E-state index < -0.39 is 40.8 Å². The number of unbranched alkanes of at least 4 members (excludes halogenated alkanes) is 2. The Morgan fingerprint density at radius 3 is 1.89 bits per heavy atom. The van der Waals surface area contributed by atoms with Crippen molar-refractivity contribution in [1.29, 1.82) is 0 Å². The molecule has 0 bridgehead atoms. The molecule has 0 unspecified atom stereocenters. The molecule has 0 aliphatic rings. The van der Waals surface area contributed by atoms with Crippen LogP contribution in [0.25, 0.3) is 0 Å². The number of carboxylic acids is 1. The quantitative estimate of drug-likeness (QED) is 0.341. The van der Waals surface area contributed by atoms with Crippen LogP contribution in [0, 0.1) is 0 Å². The van der Waals surface area contributed by atoms with Crippen LogP contribution in [0.1, 0.15) is 71.4 Å². The number of nitrogens with zero attached hydrogens (tertiary/aromatic N) is 1. The van der Waals surface area contributed by atoms with Gasteiger partial charge in [-0.1, -0.05) is 67.1 Å². The van der Waals surface area contributed by atoms with Gasteiger partial charge < -0.3 is 20.7 Å². The van der Waals surface area contributed by atoms with Gasteiger partial charge in [0.1, 0.15) is 11.2 Å². The van der Waals surface area contributed by atoms with Crippen LogP contribution in [-0.2, 0) is 27.2 Å². The van der Waals surface area contributed by atoms with Crippen molar-refractivity contribution in [2.24, 2.45) is 5.73 Å². The van der Waals surface area contributed by atoms with E-state index in [1.165, 1.54) is 19.4 Å². The predicted molar refractivity (Wildman–Crippen MR) is 146 cm³/mol. The third-order valence-electron chi connectivity index (χ3n) is 6.79. The van der Waals surface area contributed by atoms with E-state index in [0.717, 1.165) is 12.8 Å². The van der Waals surface area contributed by atoms with Crippen LogP contribution in [0.2, 0.25) is 0 Å². The molecule has 2 amide bonds. The van der Waals surface area contributed by atoms with Crippen LogP contribution >= 0.6 is 0 Å². The summed E-state index contributed by atoms with van der Waals surface area (Å²) >= 11 is 0. The molecule has 2 aromatic carbocycles. The molecule has 3 atom stereocenters. The smallest absolute Gasteiger partial charge is 0.418 e. The molecule has 0 saturated heterocycles. The highest BCUT2D eigenvalue weighted by molar-refractivity contribution is 5.99. The molecule has 38 heavy (non-hydrogen) atoms. The summed E-state index contributed by atoms with van der Waals surface area (Å²) < 4.78 is 5.53. The Bertz CT molecular complexity index is 1060. The maximum absolute atomic E-state index is 13.7. The fourth-order valence-corrected chi connectivity index (χ4v) is 4.46. The Morgan fingerprint density at radius 1 is 0.895 bits per heavy atom. The zero-order valence-corrected chi connectivity index (χ0v) is 23.1. The van der Waals surface area contributed by atoms with Gasteiger partial charge in [0, 0.05) is 18.9 Å². The van der Waals surface area contributed by atoms with E-state index in [1.54, 1.807) is 51.1 Å². The molecule has 0 heterocycles. The Morgan fingerprint density at radius 2 is 1.42 bits per heavy atom. The first-order chi connectivity index (χ1) is 17.7. The van der Waals surface area contributed by atoms with Crippen molar-refractivity contribution in [2.75, 3.05) is 0 Å². The minimum atomic E-state index is -2.42. The molecule has 8 heteroatoms. The number of carboxylic acid groups (broad SMARTS) is 1. The normalized spacial score (nSPS) is 15.6. The largest absolute Gasteiger partial charge is 0.479 e. The van der Waals surface area contributed by atoms with Crippen LogP contribution in [0.5, 0.6) is 0 Å². The van der Waals surface area contributed by atoms with Gasteiger partial charge in [-0.05, 0) is 65.0 Å². The van der Waals surface area contributed by atoms with Crippen molar-refractivity contribution in [3.63, 3.8) is 0 Å². The molecule has 0 fully saturated rings. The number of nitrogens with two attached hydrogens (primary N) is 1. The van der Waals surface area contributed by atoms with E-state index in [9.17, 15) is 24.6 Å². The molecule has 208 valence electrons. The van der Waals surface area contributed by atoms with E-state index in [2.05, 4.69) is 0 Å². The summed E-state index contributed by atoms with van der Waals surface area (Å²) in [6.45, 7) is 7.57. The first kappa shape index (κ1) is 31.0. The van der Waals surface area contributed by atoms with E-state index in [-0.39, 0.29) is 12.8 Å². The molecule has 8 nitrogen and oxygen atoms in total. The van der Waals surface area contributed by atoms with Crippen molar-refractivity contribution in [3.05, 3.63) is 71.8 Å². The highest BCUT2D eigenvalue weighted by atomic mass is 16.6. The summed E-state index contributed by atoms with van der Waals surface area (Å²) in [7, 11) is 0. The van der Waals surface area contributed by atoms with Crippen molar-refractivity contribution < 1.29 is 29.3 Å². The monoisotopic (exact) mass is 526 g/mol. The van der Waals surface area contributed by atoms with Gasteiger partial charge in [-0.2, -0.15) is 0 Å². The van der Waals surface area contributed by atoms with Gasteiger partial charge >= 0.3 is 12.1 Å². The van der Waals surface area contributed by atoms with E-state index in [0.29, 0.717) is 23.3 Å². The Kier molecular flexibility index (Phi) is 10.6. The Hall–Kier alpha value is -3.23. The molecule has 0 aliphatic heterocycles. The number of benzene rings is 2. The third-order valence-corrected chi connectivity index (χ3v) is 6.79. The number of rotatable bonds is 12. The molecule has 0 spiro atoms. The summed E-state index contributed by atoms with van der Waals surface area (Å²) in [4.78, 5) is 41.0. The number of aliphatic hydroxyl groups is 1. The number of hydrogen-bond acceptors (Lipinski definition) is 6. The summed E-state index contributed by atoms with van der Waals surface area (Å²) in [5, 5.41) is 22.3. The molecule has 0 aliphatic carbocycles. The number of imide groups is 1. The van der Waals surface area contributed by atoms with Crippen molar-refractivity contribution in [1.82, 2.24) is 4.90 Å². The lowest BCUT2D eigenvalue weighted by Crippen LogP contribution is -2.75. The minimum Gasteiger partial charge on any atom is -0.479 e. The lowest BCUT2D eigenvalue weighted by molar-refractivity contribution is -0.181. The van der Waals surface area contributed by atoms with Crippen LogP contribution in [0.4, 0.5) is 4.79 Å². The second kappa shape index (κ2) is 13.0. The van der Waals surface area contributed by atoms with E-state index in [4.69, 9.17) is 10.5 Å². The summed E-state index contributed by atoms with van der Waals surface area (Å²) in [5.41, 5.74) is 2.17. The third kappa shape index (κ3) is 7.65. The van der Waals surface area contributed by atoms with E-state index in [1.807, 2.05) is 30.3 Å². The lowest BCUT2D eigenvalue weighted by atomic mass is 9.71. The molecular weight excluding hydrogens is 484 g/mol. The summed E-state index contributed by atoms with van der Waals surface area (Å²) in [6, 6.07) is 17.4. The minimum absolute atomic E-state index is 0.0904. The standard InChI is InChI=1S/C30H42N2O6/c1-22(31)29(5,37)30(26(34)35,21-24-18-12-7-13-19-24)32(27(36)38-28(2,3)4)25(33)20-14-8-11-17-23-15-9-6-10-16-23/h6-7,9-10,12-13,15-16,18-19,22,37H,8,11,14,17,20-21,31H2,1-5H3,(H,34,35)/t22-,29+,30-/m0/s1. The molecular formula is C30H42N2O6. The van der Waals surface area contributed by atoms with Crippen molar-refractivity contribution in [3.8, 4) is 0 Å². The zero-order chi connectivity index (χ0) is 28.6. The predicted octanol–water partition coefficient (Wildman–Crippen LogP) is 4.72. The first-order valence-corrected chi connectivity index (χ1v) is 13.1. The number of hydrogen-bond donors (Lipinski definition) is 3. The molecule has 0 radical (unpaired) electrons. The summed E-state index contributed by atoms with van der Waals surface area (Å²) in [6.07, 6.45) is 1.24. The van der Waals surface area contributed by atoms with Crippen molar-refractivity contribution >= 4 is 18.0 Å². The van der Waals surface area contributed by atoms with Gasteiger partial charge in [-0.15, -0.1) is 0 Å². The fraction of sp³-hybridized carbons (Fsp3) is 0.500. The second-order valence-electron chi connectivity index (χ2n) is 11.0. The van der Waals surface area contributed by atoms with Gasteiger partial charge in [0.15, 0.2) is 5.54 Å². The fourth-order valence-electron chi connectivity index (χ4n) is 4.46. The number of carbonyl (C=O) groups excluding carboxylic acids is 2. The topological polar surface area (TPSA) is 130 Å². The van der Waals surface area contributed by atoms with Crippen LogP contribution in [0.3, 0.4) is 0 Å². The highest BCUT2D eigenvalue weighted by Crippen LogP contribution is 2.37. The van der Waals surface area contributed by atoms with Gasteiger partial charge in [0.25, 0.3) is 0 Å². The number of amides is 2. The second-order valence-corrected chi connectivity index (χ2v) is 11.0. The SMILES string of the molecule is C[C@H](N)[C@@](C)(O)[C@](Cc1ccccc1)(C(=O)O)N(C(=O)CCCCCc1ccccc1)C(=O)OC(C)(C)C. The van der Waals surface area contributed by atoms with Gasteiger partial charge in [-0.3, -0.25) is 4.79 Å². The number of aryl methyl sites for hydroxylation is 1. The summed E-state index contributed by atoms with van der Waals surface area (Å²) in [5.74, 6) is -2.29. The first-order valence-electron chi connectivity index (χ1n) is 13.1. The maximum atomic E-state index is 13.7. The molecule has 2 rings (SSSR count). The Labute approximate surface area is 225 Å². The molecule has 4 N–H and O–H groups in total. The molecule has 0 aromatic heterocycles. The number of carbonyl (C=O) groups is 3. The average Bonchev–Trinajstić information content (AvgIpc) is 2.83. The number of ether oxygens (including phenoxy) is 1. The average molecular weight is 527 g/mol. The van der Waals surface area contributed by atoms with Gasteiger partial charge in [0.2, 0.25) is 5.91 Å². The molecule has 2 aromatic rings. The van der Waals surface area contributed by atoms with Crippen LogP contribution < -0.4 is 5.73 Å². The van der Waals surface area contributed by atoms with Gasteiger partial charge in [0.05, 0.1) is 0 Å². The number of aliphatic carboxylic acids is 1. The van der Waals surface area contributed by atoms with E-state index >= 15 is 0 Å². The van der Waals surface area contributed by atoms with Crippen molar-refractivity contribution in [2.45, 2.75) is 95.9 Å².